The number of hydrogen-bond acceptors (Lipinski definition) is 5. The number of hydrazone groups is 1. The monoisotopic (exact) mass is 406 g/mol. The molecular weight excluding hydrogens is 380 g/mol. The second-order valence-corrected chi connectivity index (χ2v) is 7.56. The van der Waals surface area contributed by atoms with Crippen molar-refractivity contribution in [3.8, 4) is 5.75 Å². The van der Waals surface area contributed by atoms with Crippen molar-refractivity contribution < 1.29 is 14.3 Å². The number of hydrogen-bond donors (Lipinski definition) is 1. The van der Waals surface area contributed by atoms with Crippen LogP contribution in [0.5, 0.6) is 5.75 Å². The van der Waals surface area contributed by atoms with Crippen molar-refractivity contribution in [2.24, 2.45) is 5.10 Å². The fourth-order valence-electron chi connectivity index (χ4n) is 3.78. The Hall–Kier alpha value is -3.35. The maximum absolute atomic E-state index is 12.4. The van der Waals surface area contributed by atoms with E-state index in [1.54, 1.807) is 12.1 Å². The Morgan fingerprint density at radius 3 is 2.57 bits per heavy atom. The number of piperidine rings is 1. The fraction of sp³-hybridized carbons (Fsp3) is 0.348. The van der Waals surface area contributed by atoms with Gasteiger partial charge >= 0.3 is 0 Å². The third-order valence-electron chi connectivity index (χ3n) is 5.46. The Morgan fingerprint density at radius 1 is 1.07 bits per heavy atom. The van der Waals surface area contributed by atoms with Crippen molar-refractivity contribution in [1.82, 2.24) is 5.43 Å². The van der Waals surface area contributed by atoms with E-state index in [1.807, 2.05) is 31.2 Å². The van der Waals surface area contributed by atoms with Crippen LogP contribution in [0.15, 0.2) is 53.6 Å². The predicted octanol–water partition coefficient (Wildman–Crippen LogP) is 2.94. The molecule has 0 spiro atoms. The SMILES string of the molecule is C/C(=N/NC(=O)CN1C(=O)COc2ccccc21)c1ccc(N2CCCCC2)cc1. The minimum absolute atomic E-state index is 0.0735. The molecule has 1 fully saturated rings. The average Bonchev–Trinajstić information content (AvgIpc) is 2.80. The van der Waals surface area contributed by atoms with Gasteiger partial charge in [-0.05, 0) is 56.0 Å². The van der Waals surface area contributed by atoms with Gasteiger partial charge in [0.05, 0.1) is 11.4 Å². The maximum atomic E-state index is 12.4. The number of nitrogens with one attached hydrogen (secondary N) is 1. The number of para-hydroxylation sites is 2. The summed E-state index contributed by atoms with van der Waals surface area (Å²) >= 11 is 0. The first-order valence-electron chi connectivity index (χ1n) is 10.3. The quantitative estimate of drug-likeness (QED) is 0.612. The lowest BCUT2D eigenvalue weighted by atomic mass is 10.1. The third kappa shape index (κ3) is 4.45. The molecule has 2 amide bonds. The molecule has 2 aliphatic rings. The molecule has 156 valence electrons. The zero-order valence-electron chi connectivity index (χ0n) is 17.1. The summed E-state index contributed by atoms with van der Waals surface area (Å²) < 4.78 is 5.40. The molecule has 7 heteroatoms. The molecule has 30 heavy (non-hydrogen) atoms. The van der Waals surface area contributed by atoms with Crippen LogP contribution in [-0.2, 0) is 9.59 Å². The lowest BCUT2D eigenvalue weighted by Crippen LogP contribution is -2.44. The van der Waals surface area contributed by atoms with E-state index in [2.05, 4.69) is 27.6 Å². The van der Waals surface area contributed by atoms with Crippen LogP contribution in [0, 0.1) is 0 Å². The molecule has 0 aromatic heterocycles. The first-order chi connectivity index (χ1) is 14.6. The summed E-state index contributed by atoms with van der Waals surface area (Å²) in [7, 11) is 0. The van der Waals surface area contributed by atoms with E-state index >= 15 is 0 Å². The molecular formula is C23H26N4O3. The van der Waals surface area contributed by atoms with Crippen molar-refractivity contribution >= 4 is 28.9 Å². The van der Waals surface area contributed by atoms with Gasteiger partial charge in [0.1, 0.15) is 12.3 Å². The standard InChI is InChI=1S/C23H26N4O3/c1-17(18-9-11-19(12-10-18)26-13-5-2-6-14-26)24-25-22(28)15-27-20-7-3-4-8-21(20)30-16-23(27)29/h3-4,7-12H,2,5-6,13-16H2,1H3,(H,25,28)/b24-17-. The van der Waals surface area contributed by atoms with E-state index < -0.39 is 0 Å². The first-order valence-corrected chi connectivity index (χ1v) is 10.3. The molecule has 0 unspecified atom stereocenters. The molecule has 1 N–H and O–H groups in total. The van der Waals surface area contributed by atoms with Crippen molar-refractivity contribution in [1.29, 1.82) is 0 Å². The number of benzene rings is 2. The molecule has 0 radical (unpaired) electrons. The minimum atomic E-state index is -0.357. The molecule has 0 aliphatic carbocycles. The Morgan fingerprint density at radius 2 is 1.80 bits per heavy atom. The minimum Gasteiger partial charge on any atom is -0.482 e. The zero-order chi connectivity index (χ0) is 20.9. The zero-order valence-corrected chi connectivity index (χ0v) is 17.1. The van der Waals surface area contributed by atoms with Gasteiger partial charge in [-0.25, -0.2) is 5.43 Å². The van der Waals surface area contributed by atoms with Crippen LogP contribution >= 0.6 is 0 Å². The lowest BCUT2D eigenvalue weighted by molar-refractivity contribution is -0.125. The van der Waals surface area contributed by atoms with E-state index in [-0.39, 0.29) is 25.0 Å². The van der Waals surface area contributed by atoms with Gasteiger partial charge in [-0.1, -0.05) is 24.3 Å². The third-order valence-corrected chi connectivity index (χ3v) is 5.46. The Labute approximate surface area is 176 Å². The summed E-state index contributed by atoms with van der Waals surface area (Å²) in [5, 5.41) is 4.22. The smallest absolute Gasteiger partial charge is 0.265 e. The van der Waals surface area contributed by atoms with Gasteiger partial charge in [-0.15, -0.1) is 0 Å². The molecule has 2 aromatic carbocycles. The van der Waals surface area contributed by atoms with Crippen molar-refractivity contribution in [3.05, 3.63) is 54.1 Å². The molecule has 2 aliphatic heterocycles. The molecule has 0 atom stereocenters. The molecule has 1 saturated heterocycles. The van der Waals surface area contributed by atoms with E-state index in [1.165, 1.54) is 29.8 Å². The van der Waals surface area contributed by atoms with Gasteiger partial charge in [-0.2, -0.15) is 5.10 Å². The second-order valence-electron chi connectivity index (χ2n) is 7.56. The van der Waals surface area contributed by atoms with Crippen LogP contribution in [0.4, 0.5) is 11.4 Å². The Balaban J connectivity index is 1.37. The first kappa shape index (κ1) is 19.9. The fourth-order valence-corrected chi connectivity index (χ4v) is 3.78. The van der Waals surface area contributed by atoms with Crippen LogP contribution < -0.4 is 20.0 Å². The Bertz CT molecular complexity index is 949. The van der Waals surface area contributed by atoms with Crippen LogP contribution in [0.25, 0.3) is 0 Å². The molecule has 0 bridgehead atoms. The largest absolute Gasteiger partial charge is 0.482 e. The summed E-state index contributed by atoms with van der Waals surface area (Å²) in [6.07, 6.45) is 3.79. The van der Waals surface area contributed by atoms with Crippen LogP contribution in [0.1, 0.15) is 31.7 Å². The van der Waals surface area contributed by atoms with Gasteiger partial charge < -0.3 is 9.64 Å². The van der Waals surface area contributed by atoms with Crippen molar-refractivity contribution in [2.75, 3.05) is 36.0 Å². The van der Waals surface area contributed by atoms with Gasteiger partial charge in [0, 0.05) is 18.8 Å². The molecule has 7 nitrogen and oxygen atoms in total. The number of rotatable bonds is 5. The van der Waals surface area contributed by atoms with E-state index in [9.17, 15) is 9.59 Å². The van der Waals surface area contributed by atoms with E-state index in [4.69, 9.17) is 4.74 Å². The van der Waals surface area contributed by atoms with Crippen LogP contribution in [0.2, 0.25) is 0 Å². The number of amides is 2. The van der Waals surface area contributed by atoms with Gasteiger partial charge in [0.2, 0.25) is 0 Å². The Kier molecular flexibility index (Phi) is 5.97. The molecule has 4 rings (SSSR count). The van der Waals surface area contributed by atoms with Crippen LogP contribution in [-0.4, -0.2) is 43.8 Å². The summed E-state index contributed by atoms with van der Waals surface area (Å²) in [4.78, 5) is 28.4. The highest BCUT2D eigenvalue weighted by Gasteiger charge is 2.26. The van der Waals surface area contributed by atoms with Gasteiger partial charge in [0.15, 0.2) is 6.61 Å². The number of carbonyl (C=O) groups excluding carboxylic acids is 2. The van der Waals surface area contributed by atoms with Crippen LogP contribution in [0.3, 0.4) is 0 Å². The van der Waals surface area contributed by atoms with E-state index in [0.29, 0.717) is 17.1 Å². The lowest BCUT2D eigenvalue weighted by Gasteiger charge is -2.28. The topological polar surface area (TPSA) is 74.2 Å². The number of carbonyl (C=O) groups is 2. The number of ether oxygens (including phenoxy) is 1. The highest BCUT2D eigenvalue weighted by Crippen LogP contribution is 2.31. The van der Waals surface area contributed by atoms with Gasteiger partial charge in [0.25, 0.3) is 11.8 Å². The number of fused-ring (bicyclic) bond motifs is 1. The second kappa shape index (κ2) is 8.98. The molecule has 0 saturated carbocycles. The van der Waals surface area contributed by atoms with Crippen molar-refractivity contribution in [2.45, 2.75) is 26.2 Å². The maximum Gasteiger partial charge on any atom is 0.265 e. The average molecular weight is 406 g/mol. The molecule has 2 aromatic rings. The molecule has 2 heterocycles. The van der Waals surface area contributed by atoms with Gasteiger partial charge in [-0.3, -0.25) is 14.5 Å². The predicted molar refractivity (Wildman–Crippen MR) is 117 cm³/mol. The highest BCUT2D eigenvalue weighted by atomic mass is 16.5. The summed E-state index contributed by atoms with van der Waals surface area (Å²) in [6, 6.07) is 15.4. The normalized spacial score (nSPS) is 16.7. The summed E-state index contributed by atoms with van der Waals surface area (Å²) in [5.41, 5.74) is 6.04. The highest BCUT2D eigenvalue weighted by molar-refractivity contribution is 6.03. The van der Waals surface area contributed by atoms with Crippen molar-refractivity contribution in [3.63, 3.8) is 0 Å². The number of nitrogens with zero attached hydrogens (tertiary/aromatic N) is 3. The summed E-state index contributed by atoms with van der Waals surface area (Å²) in [6.45, 7) is 3.88. The number of anilines is 2. The van der Waals surface area contributed by atoms with E-state index in [0.717, 1.165) is 18.7 Å². The summed E-state index contributed by atoms with van der Waals surface area (Å²) in [5.74, 6) is -0.0134.